The maximum absolute atomic E-state index is 5.63. The summed E-state index contributed by atoms with van der Waals surface area (Å²) in [6.07, 6.45) is 0. The first-order chi connectivity index (χ1) is 8.16. The summed E-state index contributed by atoms with van der Waals surface area (Å²) in [5.74, 6) is 0.996. The van der Waals surface area contributed by atoms with Gasteiger partial charge >= 0.3 is 0 Å². The molecule has 102 valence electrons. The van der Waals surface area contributed by atoms with Crippen molar-refractivity contribution in [2.75, 3.05) is 6.61 Å². The Kier molecular flexibility index (Phi) is 4.84. The molecular weight excluding hydrogens is 239 g/mol. The zero-order valence-corrected chi connectivity index (χ0v) is 13.8. The molecule has 2 heteroatoms. The highest BCUT2D eigenvalue weighted by atomic mass is 31.1. The number of rotatable bonds is 3. The quantitative estimate of drug-likeness (QED) is 0.715. The second-order valence-corrected chi connectivity index (χ2v) is 10.5. The summed E-state index contributed by atoms with van der Waals surface area (Å²) in [6.45, 7) is 16.8. The van der Waals surface area contributed by atoms with Crippen LogP contribution in [0.25, 0.3) is 0 Å². The summed E-state index contributed by atoms with van der Waals surface area (Å²) in [6, 6.07) is 8.65. The van der Waals surface area contributed by atoms with Crippen LogP contribution >= 0.6 is 7.92 Å². The van der Waals surface area contributed by atoms with Crippen LogP contribution in [-0.2, 0) is 0 Å². The second-order valence-electron chi connectivity index (χ2n) is 6.61. The molecule has 0 aliphatic heterocycles. The molecule has 0 fully saturated rings. The normalized spacial score (nSPS) is 12.9. The van der Waals surface area contributed by atoms with Crippen LogP contribution in [0.15, 0.2) is 24.3 Å². The lowest BCUT2D eigenvalue weighted by Gasteiger charge is -2.41. The lowest BCUT2D eigenvalue weighted by molar-refractivity contribution is 0.340. The van der Waals surface area contributed by atoms with Gasteiger partial charge in [-0.1, -0.05) is 61.6 Å². The van der Waals surface area contributed by atoms with E-state index in [1.807, 2.05) is 13.0 Å². The van der Waals surface area contributed by atoms with Crippen molar-refractivity contribution >= 4 is 13.2 Å². The Hall–Kier alpha value is -0.550. The topological polar surface area (TPSA) is 9.23 Å². The summed E-state index contributed by atoms with van der Waals surface area (Å²) >= 11 is 0. The minimum atomic E-state index is -0.245. The summed E-state index contributed by atoms with van der Waals surface area (Å²) in [5.41, 5.74) is 0. The average molecular weight is 266 g/mol. The van der Waals surface area contributed by atoms with Crippen LogP contribution in [0, 0.1) is 0 Å². The molecule has 0 aliphatic carbocycles. The summed E-state index contributed by atoms with van der Waals surface area (Å²) < 4.78 is 5.63. The van der Waals surface area contributed by atoms with Crippen LogP contribution in [0.5, 0.6) is 5.75 Å². The molecule has 0 atom stereocenters. The van der Waals surface area contributed by atoms with E-state index in [4.69, 9.17) is 4.74 Å². The summed E-state index contributed by atoms with van der Waals surface area (Å²) in [7, 11) is -0.245. The van der Waals surface area contributed by atoms with Gasteiger partial charge in [-0.25, -0.2) is 0 Å². The Labute approximate surface area is 114 Å². The molecular formula is C16H27OP. The molecule has 0 saturated carbocycles. The smallest absolute Gasteiger partial charge is 0.119 e. The zero-order valence-electron chi connectivity index (χ0n) is 12.9. The fraction of sp³-hybridized carbons (Fsp3) is 0.625. The molecule has 0 unspecified atom stereocenters. The van der Waals surface area contributed by atoms with Crippen molar-refractivity contribution in [1.29, 1.82) is 0 Å². The van der Waals surface area contributed by atoms with Gasteiger partial charge in [0.05, 0.1) is 6.61 Å². The van der Waals surface area contributed by atoms with Gasteiger partial charge in [0.2, 0.25) is 0 Å². The molecule has 0 N–H and O–H groups in total. The molecule has 1 rings (SSSR count). The largest absolute Gasteiger partial charge is 0.494 e. The maximum Gasteiger partial charge on any atom is 0.119 e. The van der Waals surface area contributed by atoms with E-state index < -0.39 is 0 Å². The van der Waals surface area contributed by atoms with Crippen molar-refractivity contribution in [3.05, 3.63) is 24.3 Å². The molecule has 0 saturated heterocycles. The standard InChI is InChI=1S/C16H27OP/c1-8-17-13-10-9-11-14(12-13)18(15(2,3)4)16(5,6)7/h9-12H,8H2,1-7H3. The predicted octanol–water partition coefficient (Wildman–Crippen LogP) is 4.79. The molecule has 1 aromatic carbocycles. The Morgan fingerprint density at radius 3 is 2.00 bits per heavy atom. The third kappa shape index (κ3) is 3.99. The maximum atomic E-state index is 5.63. The molecule has 0 amide bonds. The molecule has 0 radical (unpaired) electrons. The zero-order chi connectivity index (χ0) is 14.0. The van der Waals surface area contributed by atoms with Crippen molar-refractivity contribution in [1.82, 2.24) is 0 Å². The van der Waals surface area contributed by atoms with Crippen molar-refractivity contribution in [2.45, 2.75) is 58.8 Å². The summed E-state index contributed by atoms with van der Waals surface area (Å²) in [5, 5.41) is 2.05. The number of hydrogen-bond donors (Lipinski definition) is 0. The second kappa shape index (κ2) is 5.61. The van der Waals surface area contributed by atoms with Gasteiger partial charge in [-0.3, -0.25) is 0 Å². The van der Waals surface area contributed by atoms with E-state index in [-0.39, 0.29) is 7.92 Å². The van der Waals surface area contributed by atoms with E-state index in [0.29, 0.717) is 10.3 Å². The van der Waals surface area contributed by atoms with Crippen LogP contribution in [0.1, 0.15) is 48.5 Å². The third-order valence-electron chi connectivity index (χ3n) is 2.73. The first-order valence-electron chi connectivity index (χ1n) is 6.69. The first kappa shape index (κ1) is 15.5. The van der Waals surface area contributed by atoms with Gasteiger partial charge in [0, 0.05) is 0 Å². The monoisotopic (exact) mass is 266 g/mol. The Morgan fingerprint density at radius 2 is 1.56 bits per heavy atom. The molecule has 0 bridgehead atoms. The van der Waals surface area contributed by atoms with E-state index in [9.17, 15) is 0 Å². The van der Waals surface area contributed by atoms with Gasteiger partial charge in [0.1, 0.15) is 5.75 Å². The van der Waals surface area contributed by atoms with E-state index in [1.54, 1.807) is 0 Å². The van der Waals surface area contributed by atoms with E-state index in [1.165, 1.54) is 5.30 Å². The van der Waals surface area contributed by atoms with Crippen molar-refractivity contribution < 1.29 is 4.74 Å². The van der Waals surface area contributed by atoms with E-state index >= 15 is 0 Å². The molecule has 1 aromatic rings. The lowest BCUT2D eigenvalue weighted by Crippen LogP contribution is -2.31. The molecule has 0 heterocycles. The highest BCUT2D eigenvalue weighted by Gasteiger charge is 2.35. The molecule has 0 aliphatic rings. The minimum Gasteiger partial charge on any atom is -0.494 e. The van der Waals surface area contributed by atoms with Crippen molar-refractivity contribution in [3.8, 4) is 5.75 Å². The van der Waals surface area contributed by atoms with Gasteiger partial charge in [-0.15, -0.1) is 0 Å². The highest BCUT2D eigenvalue weighted by molar-refractivity contribution is 7.68. The van der Waals surface area contributed by atoms with Crippen molar-refractivity contribution in [2.24, 2.45) is 0 Å². The van der Waals surface area contributed by atoms with E-state index in [2.05, 4.69) is 59.7 Å². The number of ether oxygens (including phenoxy) is 1. The molecule has 1 nitrogen and oxygen atoms in total. The SMILES string of the molecule is CCOc1cccc(P(C(C)(C)C)C(C)(C)C)c1. The fourth-order valence-electron chi connectivity index (χ4n) is 2.66. The van der Waals surface area contributed by atoms with Gasteiger partial charge in [-0.05, 0) is 34.7 Å². The average Bonchev–Trinajstić information content (AvgIpc) is 2.13. The van der Waals surface area contributed by atoms with E-state index in [0.717, 1.165) is 12.4 Å². The van der Waals surface area contributed by atoms with Crippen LogP contribution in [-0.4, -0.2) is 16.9 Å². The van der Waals surface area contributed by atoms with Crippen LogP contribution in [0.2, 0.25) is 0 Å². The minimum absolute atomic E-state index is 0.245. The molecule has 0 aromatic heterocycles. The molecule has 0 spiro atoms. The highest BCUT2D eigenvalue weighted by Crippen LogP contribution is 2.58. The van der Waals surface area contributed by atoms with Crippen LogP contribution in [0.3, 0.4) is 0 Å². The number of benzene rings is 1. The fourth-order valence-corrected chi connectivity index (χ4v) is 6.71. The Balaban J connectivity index is 3.18. The van der Waals surface area contributed by atoms with Gasteiger partial charge in [0.25, 0.3) is 0 Å². The van der Waals surface area contributed by atoms with Gasteiger partial charge in [0.15, 0.2) is 0 Å². The summed E-state index contributed by atoms with van der Waals surface area (Å²) in [4.78, 5) is 0. The Morgan fingerprint density at radius 1 is 1.00 bits per heavy atom. The van der Waals surface area contributed by atoms with Crippen LogP contribution < -0.4 is 10.0 Å². The van der Waals surface area contributed by atoms with Crippen molar-refractivity contribution in [3.63, 3.8) is 0 Å². The van der Waals surface area contributed by atoms with Gasteiger partial charge in [-0.2, -0.15) is 0 Å². The molecule has 18 heavy (non-hydrogen) atoms. The predicted molar refractivity (Wildman–Crippen MR) is 83.7 cm³/mol. The Bertz CT molecular complexity index is 371. The third-order valence-corrected chi connectivity index (χ3v) is 6.21. The first-order valence-corrected chi connectivity index (χ1v) is 8.03. The van der Waals surface area contributed by atoms with Gasteiger partial charge < -0.3 is 4.74 Å². The number of hydrogen-bond acceptors (Lipinski definition) is 1. The lowest BCUT2D eigenvalue weighted by atomic mass is 10.2. The van der Waals surface area contributed by atoms with Crippen LogP contribution in [0.4, 0.5) is 0 Å².